The molecule has 1 heterocycles. The lowest BCUT2D eigenvalue weighted by molar-refractivity contribution is -0.118. The Morgan fingerprint density at radius 1 is 1.25 bits per heavy atom. The summed E-state index contributed by atoms with van der Waals surface area (Å²) in [4.78, 5) is 13.7. The third-order valence-electron chi connectivity index (χ3n) is 4.55. The molecule has 116 valence electrons. The first-order valence-corrected chi connectivity index (χ1v) is 10.5. The van der Waals surface area contributed by atoms with Gasteiger partial charge in [0.2, 0.25) is 0 Å². The van der Waals surface area contributed by atoms with Crippen LogP contribution in [-0.4, -0.2) is 55.8 Å². The predicted molar refractivity (Wildman–Crippen MR) is 83.7 cm³/mol. The average Bonchev–Trinajstić information content (AvgIpc) is 2.64. The molecular weight excluding hydrogens is 294 g/mol. The minimum absolute atomic E-state index is 0.318. The highest BCUT2D eigenvalue weighted by Crippen LogP contribution is 2.35. The smallest absolute Gasteiger partial charge is 0.164 e. The zero-order valence-electron chi connectivity index (χ0n) is 12.2. The molecule has 1 saturated heterocycles. The predicted octanol–water partition coefficient (Wildman–Crippen LogP) is 1.95. The van der Waals surface area contributed by atoms with E-state index in [4.69, 9.17) is 0 Å². The summed E-state index contributed by atoms with van der Waals surface area (Å²) < 4.78 is 23.9. The number of thioether (sulfide) groups is 1. The highest BCUT2D eigenvalue weighted by molar-refractivity contribution is 8.00. The van der Waals surface area contributed by atoms with Crippen molar-refractivity contribution in [3.05, 3.63) is 0 Å². The molecular formula is C14H25NO3S2. The molecule has 2 aliphatic rings. The van der Waals surface area contributed by atoms with E-state index in [0.717, 1.165) is 44.3 Å². The Bertz CT molecular complexity index is 428. The second-order valence-electron chi connectivity index (χ2n) is 6.22. The fraction of sp³-hybridized carbons (Fsp3) is 0.929. The third-order valence-corrected chi connectivity index (χ3v) is 7.24. The monoisotopic (exact) mass is 319 g/mol. The summed E-state index contributed by atoms with van der Waals surface area (Å²) in [5, 5.41) is -0.415. The van der Waals surface area contributed by atoms with Crippen LogP contribution in [0.25, 0.3) is 0 Å². The lowest BCUT2D eigenvalue weighted by Crippen LogP contribution is -2.51. The molecule has 1 aliphatic heterocycles. The summed E-state index contributed by atoms with van der Waals surface area (Å²) in [5.41, 5.74) is -0.318. The number of sulfone groups is 1. The van der Waals surface area contributed by atoms with E-state index in [9.17, 15) is 13.2 Å². The molecule has 1 atom stereocenters. The first kappa shape index (κ1) is 16.3. The van der Waals surface area contributed by atoms with Crippen molar-refractivity contribution in [2.75, 3.05) is 30.9 Å². The van der Waals surface area contributed by atoms with Crippen molar-refractivity contribution in [1.82, 2.24) is 4.90 Å². The van der Waals surface area contributed by atoms with Crippen LogP contribution in [0, 0.1) is 5.41 Å². The van der Waals surface area contributed by atoms with Gasteiger partial charge in [-0.25, -0.2) is 8.42 Å². The number of hydrogen-bond acceptors (Lipinski definition) is 5. The number of carbonyl (C=O) groups is 1. The highest BCUT2D eigenvalue weighted by atomic mass is 32.2. The fourth-order valence-electron chi connectivity index (χ4n) is 3.34. The number of hydrogen-bond donors (Lipinski definition) is 0. The zero-order chi connectivity index (χ0) is 14.6. The van der Waals surface area contributed by atoms with Gasteiger partial charge < -0.3 is 4.79 Å². The molecule has 0 aromatic carbocycles. The van der Waals surface area contributed by atoms with Gasteiger partial charge in [-0.05, 0) is 12.8 Å². The molecule has 1 aliphatic carbocycles. The summed E-state index contributed by atoms with van der Waals surface area (Å²) in [6, 6.07) is 0. The molecule has 1 saturated carbocycles. The molecule has 0 aromatic heterocycles. The van der Waals surface area contributed by atoms with Crippen LogP contribution < -0.4 is 0 Å². The Morgan fingerprint density at radius 2 is 1.90 bits per heavy atom. The molecule has 20 heavy (non-hydrogen) atoms. The quantitative estimate of drug-likeness (QED) is 0.585. The zero-order valence-corrected chi connectivity index (χ0v) is 13.8. The van der Waals surface area contributed by atoms with Gasteiger partial charge in [-0.1, -0.05) is 25.7 Å². The Labute approximate surface area is 126 Å². The Balaban J connectivity index is 2.13. The first-order valence-electron chi connectivity index (χ1n) is 7.44. The minimum atomic E-state index is -3.08. The van der Waals surface area contributed by atoms with Gasteiger partial charge in [0, 0.05) is 36.3 Å². The molecule has 2 rings (SSSR count). The fourth-order valence-corrected chi connectivity index (χ4v) is 6.28. The summed E-state index contributed by atoms with van der Waals surface area (Å²) in [6.45, 7) is 1.40. The van der Waals surface area contributed by atoms with Gasteiger partial charge in [0.1, 0.15) is 11.7 Å². The van der Waals surface area contributed by atoms with E-state index in [1.807, 2.05) is 4.90 Å². The normalized spacial score (nSPS) is 28.8. The van der Waals surface area contributed by atoms with Crippen molar-refractivity contribution in [3.63, 3.8) is 0 Å². The van der Waals surface area contributed by atoms with Crippen molar-refractivity contribution < 1.29 is 13.2 Å². The van der Waals surface area contributed by atoms with Gasteiger partial charge in [-0.15, -0.1) is 0 Å². The number of carbonyl (C=O) groups excluding carboxylic acids is 1. The maximum atomic E-state index is 12.0. The second-order valence-corrected chi connectivity index (χ2v) is 9.58. The lowest BCUT2D eigenvalue weighted by atomic mass is 9.81. The SMILES string of the molecule is CS(=O)(=O)C1CSCCN1CC1(C=O)CCCCCC1. The van der Waals surface area contributed by atoms with Gasteiger partial charge >= 0.3 is 0 Å². The molecule has 0 radical (unpaired) electrons. The van der Waals surface area contributed by atoms with Crippen molar-refractivity contribution in [2.24, 2.45) is 5.41 Å². The van der Waals surface area contributed by atoms with Crippen LogP contribution in [0.1, 0.15) is 38.5 Å². The summed E-state index contributed by atoms with van der Waals surface area (Å²) in [6.07, 6.45) is 8.82. The van der Waals surface area contributed by atoms with Crippen LogP contribution in [0.3, 0.4) is 0 Å². The van der Waals surface area contributed by atoms with Crippen molar-refractivity contribution in [3.8, 4) is 0 Å². The largest absolute Gasteiger partial charge is 0.303 e. The Kier molecular flexibility index (Phi) is 5.54. The molecule has 4 nitrogen and oxygen atoms in total. The van der Waals surface area contributed by atoms with E-state index in [-0.39, 0.29) is 5.41 Å². The molecule has 6 heteroatoms. The Hall–Kier alpha value is -0.0700. The van der Waals surface area contributed by atoms with Crippen LogP contribution in [0.4, 0.5) is 0 Å². The topological polar surface area (TPSA) is 54.5 Å². The molecule has 2 fully saturated rings. The molecule has 0 aromatic rings. The molecule has 0 bridgehead atoms. The van der Waals surface area contributed by atoms with E-state index in [1.165, 1.54) is 19.1 Å². The maximum Gasteiger partial charge on any atom is 0.164 e. The second kappa shape index (κ2) is 6.79. The van der Waals surface area contributed by atoms with Crippen LogP contribution in [0.15, 0.2) is 0 Å². The van der Waals surface area contributed by atoms with E-state index in [1.54, 1.807) is 11.8 Å². The molecule has 1 unspecified atom stereocenters. The molecule has 0 spiro atoms. The summed E-state index contributed by atoms with van der Waals surface area (Å²) >= 11 is 1.70. The van der Waals surface area contributed by atoms with Crippen LogP contribution in [-0.2, 0) is 14.6 Å². The highest BCUT2D eigenvalue weighted by Gasteiger charge is 2.38. The number of rotatable bonds is 4. The molecule has 0 N–H and O–H groups in total. The van der Waals surface area contributed by atoms with Gasteiger partial charge in [0.25, 0.3) is 0 Å². The minimum Gasteiger partial charge on any atom is -0.303 e. The number of aldehydes is 1. The van der Waals surface area contributed by atoms with E-state index < -0.39 is 15.2 Å². The van der Waals surface area contributed by atoms with Gasteiger partial charge in [0.05, 0.1) is 0 Å². The lowest BCUT2D eigenvalue weighted by Gasteiger charge is -2.39. The standard InChI is InChI=1S/C14H25NO3S2/c1-20(17,18)13-10-19-9-8-15(13)11-14(12-16)6-4-2-3-5-7-14/h12-13H,2-11H2,1H3. The van der Waals surface area contributed by atoms with Crippen molar-refractivity contribution in [1.29, 1.82) is 0 Å². The summed E-state index contributed by atoms with van der Waals surface area (Å²) in [7, 11) is -3.08. The Morgan fingerprint density at radius 3 is 2.45 bits per heavy atom. The van der Waals surface area contributed by atoms with Crippen molar-refractivity contribution >= 4 is 27.9 Å². The first-order chi connectivity index (χ1) is 9.47. The third kappa shape index (κ3) is 3.98. The summed E-state index contributed by atoms with van der Waals surface area (Å²) in [5.74, 6) is 1.59. The van der Waals surface area contributed by atoms with Crippen LogP contribution in [0.2, 0.25) is 0 Å². The molecule has 0 amide bonds. The van der Waals surface area contributed by atoms with E-state index in [0.29, 0.717) is 12.3 Å². The van der Waals surface area contributed by atoms with Gasteiger partial charge in [0.15, 0.2) is 9.84 Å². The van der Waals surface area contributed by atoms with Gasteiger partial charge in [-0.3, -0.25) is 4.90 Å². The maximum absolute atomic E-state index is 12.0. The van der Waals surface area contributed by atoms with E-state index in [2.05, 4.69) is 0 Å². The van der Waals surface area contributed by atoms with Crippen molar-refractivity contribution in [2.45, 2.75) is 43.9 Å². The van der Waals surface area contributed by atoms with Gasteiger partial charge in [-0.2, -0.15) is 11.8 Å². The number of nitrogens with zero attached hydrogens (tertiary/aromatic N) is 1. The van der Waals surface area contributed by atoms with Crippen LogP contribution >= 0.6 is 11.8 Å². The average molecular weight is 319 g/mol. The van der Waals surface area contributed by atoms with E-state index >= 15 is 0 Å². The van der Waals surface area contributed by atoms with Crippen LogP contribution in [0.5, 0.6) is 0 Å².